The van der Waals surface area contributed by atoms with E-state index in [1.165, 1.54) is 44.5 Å². The number of aromatic hydroxyl groups is 2. The van der Waals surface area contributed by atoms with E-state index in [1.807, 2.05) is 38.1 Å². The molecule has 10 aromatic carbocycles. The summed E-state index contributed by atoms with van der Waals surface area (Å²) in [4.78, 5) is 0. The molecule has 2 aliphatic carbocycles. The fourth-order valence-corrected chi connectivity index (χ4v) is 14.7. The van der Waals surface area contributed by atoms with Crippen LogP contribution in [0, 0.1) is 27.7 Å². The van der Waals surface area contributed by atoms with E-state index < -0.39 is 8.56 Å². The van der Waals surface area contributed by atoms with Crippen LogP contribution in [0.5, 0.6) is 23.0 Å². The molecule has 0 aromatic heterocycles. The van der Waals surface area contributed by atoms with E-state index in [2.05, 4.69) is 208 Å². The van der Waals surface area contributed by atoms with Gasteiger partial charge in [0.15, 0.2) is 0 Å². The normalized spacial score (nSPS) is 12.8. The van der Waals surface area contributed by atoms with Gasteiger partial charge in [0.1, 0.15) is 23.0 Å². The molecule has 5 heteroatoms. The number of benzene rings is 10. The highest BCUT2D eigenvalue weighted by Crippen LogP contribution is 2.55. The SMILES string of the molecule is Cc1cc(C)c(O)c(-c2cccc(C3c4ccccc4-c4ccccc43)c2O[Si](Oc2c(-c3cc(C)cc(C)c3O)cccc2C2c3ccccc3-c3ccccc32)(c2ccccc2)c2ccccc2)c1. The smallest absolute Gasteiger partial charge is 0.507 e. The Kier molecular flexibility index (Phi) is 10.8. The van der Waals surface area contributed by atoms with Crippen LogP contribution >= 0.6 is 0 Å². The molecule has 0 aliphatic heterocycles. The monoisotopic (exact) mass is 936 g/mol. The zero-order valence-corrected chi connectivity index (χ0v) is 41.2. The molecule has 2 aliphatic rings. The molecule has 0 bridgehead atoms. The van der Waals surface area contributed by atoms with Crippen molar-refractivity contribution < 1.29 is 19.1 Å². The van der Waals surface area contributed by atoms with E-state index in [0.29, 0.717) is 22.6 Å². The zero-order valence-electron chi connectivity index (χ0n) is 40.2. The second kappa shape index (κ2) is 17.5. The van der Waals surface area contributed by atoms with Gasteiger partial charge in [-0.3, -0.25) is 0 Å². The van der Waals surface area contributed by atoms with Crippen molar-refractivity contribution in [2.75, 3.05) is 0 Å². The van der Waals surface area contributed by atoms with E-state index in [0.717, 1.165) is 54.9 Å². The standard InChI is InChI=1S/C66H52O4Si/c1-41-37-43(3)63(67)59(39-41)55-33-19-35-57(61-51-29-15-11-25-47(51)48-26-12-16-30-52(48)61)65(55)69-71(45-21-7-5-8-22-45,46-23-9-6-10-24-46)70-66-56(60-40-42(2)38-44(4)64(60)68)34-20-36-58(66)62-53-31-17-13-27-49(53)50-28-14-18-32-54(50)62/h5-40,61-62,67-68H,1-4H3. The molecular weight excluding hydrogens is 885 g/mol. The van der Waals surface area contributed by atoms with Gasteiger partial charge in [-0.25, -0.2) is 0 Å². The number of fused-ring (bicyclic) bond motifs is 6. The van der Waals surface area contributed by atoms with Crippen LogP contribution < -0.4 is 19.2 Å². The van der Waals surface area contributed by atoms with Gasteiger partial charge in [0.25, 0.3) is 0 Å². The Morgan fingerprint density at radius 3 is 0.958 bits per heavy atom. The van der Waals surface area contributed by atoms with Gasteiger partial charge in [0, 0.05) is 55.6 Å². The Morgan fingerprint density at radius 2 is 0.606 bits per heavy atom. The molecule has 4 nitrogen and oxygen atoms in total. The summed E-state index contributed by atoms with van der Waals surface area (Å²) in [6.07, 6.45) is 0. The van der Waals surface area contributed by atoms with E-state index >= 15 is 0 Å². The Morgan fingerprint density at radius 1 is 0.310 bits per heavy atom. The lowest BCUT2D eigenvalue weighted by Crippen LogP contribution is -2.68. The molecule has 12 rings (SSSR count). The summed E-state index contributed by atoms with van der Waals surface area (Å²) >= 11 is 0. The first-order valence-electron chi connectivity index (χ1n) is 24.4. The summed E-state index contributed by atoms with van der Waals surface area (Å²) in [5.74, 6) is 1.26. The first-order chi connectivity index (χ1) is 34.7. The summed E-state index contributed by atoms with van der Waals surface area (Å²) in [5, 5.41) is 26.2. The van der Waals surface area contributed by atoms with Crippen molar-refractivity contribution in [3.63, 3.8) is 0 Å². The Bertz CT molecular complexity index is 3360. The minimum Gasteiger partial charge on any atom is -0.507 e. The predicted molar refractivity (Wildman–Crippen MR) is 291 cm³/mol. The maximum Gasteiger partial charge on any atom is 0.531 e. The number of para-hydroxylation sites is 2. The first kappa shape index (κ1) is 43.9. The van der Waals surface area contributed by atoms with Crippen LogP contribution in [-0.4, -0.2) is 18.8 Å². The lowest BCUT2D eigenvalue weighted by molar-refractivity contribution is 0.412. The summed E-state index contributed by atoms with van der Waals surface area (Å²) in [6.45, 7) is 8.05. The number of hydrogen-bond acceptors (Lipinski definition) is 4. The van der Waals surface area contributed by atoms with Crippen molar-refractivity contribution in [1.29, 1.82) is 0 Å². The van der Waals surface area contributed by atoms with Crippen molar-refractivity contribution in [3.05, 3.63) is 274 Å². The minimum absolute atomic E-state index is 0.203. The third-order valence-corrected chi connectivity index (χ3v) is 17.8. The van der Waals surface area contributed by atoms with E-state index in [-0.39, 0.29) is 23.3 Å². The average molecular weight is 937 g/mol. The van der Waals surface area contributed by atoms with Gasteiger partial charge < -0.3 is 19.1 Å². The van der Waals surface area contributed by atoms with Crippen LogP contribution in [0.25, 0.3) is 44.5 Å². The van der Waals surface area contributed by atoms with Gasteiger partial charge in [0.2, 0.25) is 0 Å². The Hall–Kier alpha value is -8.38. The topological polar surface area (TPSA) is 58.9 Å². The molecule has 2 N–H and O–H groups in total. The molecule has 344 valence electrons. The van der Waals surface area contributed by atoms with Crippen LogP contribution in [0.2, 0.25) is 0 Å². The average Bonchev–Trinajstić information content (AvgIpc) is 3.92. The Labute approximate surface area is 417 Å². The largest absolute Gasteiger partial charge is 0.531 e. The minimum atomic E-state index is -4.14. The summed E-state index contributed by atoms with van der Waals surface area (Å²) in [5.41, 5.74) is 17.9. The van der Waals surface area contributed by atoms with Crippen molar-refractivity contribution in [2.24, 2.45) is 0 Å². The van der Waals surface area contributed by atoms with Crippen molar-refractivity contribution in [1.82, 2.24) is 0 Å². The fourth-order valence-electron chi connectivity index (χ4n) is 11.6. The highest BCUT2D eigenvalue weighted by molar-refractivity contribution is 6.93. The van der Waals surface area contributed by atoms with Crippen LogP contribution in [0.4, 0.5) is 0 Å². The van der Waals surface area contributed by atoms with Crippen molar-refractivity contribution in [3.8, 4) is 67.5 Å². The van der Waals surface area contributed by atoms with Gasteiger partial charge in [-0.2, -0.15) is 0 Å². The molecule has 0 heterocycles. The molecule has 0 saturated carbocycles. The lowest BCUT2D eigenvalue weighted by Gasteiger charge is -2.36. The molecule has 0 saturated heterocycles. The molecule has 0 unspecified atom stereocenters. The van der Waals surface area contributed by atoms with Crippen molar-refractivity contribution >= 4 is 18.9 Å². The number of hydrogen-bond donors (Lipinski definition) is 2. The number of aryl methyl sites for hydroxylation is 4. The van der Waals surface area contributed by atoms with Gasteiger partial charge >= 0.3 is 8.56 Å². The molecule has 71 heavy (non-hydrogen) atoms. The lowest BCUT2D eigenvalue weighted by atomic mass is 9.86. The quantitative estimate of drug-likeness (QED) is 0.134. The molecule has 0 atom stereocenters. The van der Waals surface area contributed by atoms with Gasteiger partial charge in [0.05, 0.1) is 0 Å². The van der Waals surface area contributed by atoms with Crippen LogP contribution in [0.3, 0.4) is 0 Å². The third kappa shape index (κ3) is 7.27. The van der Waals surface area contributed by atoms with Crippen LogP contribution in [0.15, 0.2) is 218 Å². The van der Waals surface area contributed by atoms with E-state index in [1.54, 1.807) is 0 Å². The van der Waals surface area contributed by atoms with Gasteiger partial charge in [-0.1, -0.05) is 206 Å². The zero-order chi connectivity index (χ0) is 48.4. The van der Waals surface area contributed by atoms with Crippen LogP contribution in [-0.2, 0) is 0 Å². The summed E-state index contributed by atoms with van der Waals surface area (Å²) in [6, 6.07) is 76.4. The van der Waals surface area contributed by atoms with E-state index in [9.17, 15) is 10.2 Å². The maximum atomic E-state index is 12.2. The molecular formula is C66H52O4Si. The third-order valence-electron chi connectivity index (χ3n) is 14.6. The summed E-state index contributed by atoms with van der Waals surface area (Å²) < 4.78 is 16.7. The predicted octanol–water partition coefficient (Wildman–Crippen LogP) is 14.7. The van der Waals surface area contributed by atoms with E-state index in [4.69, 9.17) is 8.85 Å². The molecule has 10 aromatic rings. The van der Waals surface area contributed by atoms with Gasteiger partial charge in [-0.05, 0) is 107 Å². The second-order valence-corrected chi connectivity index (χ2v) is 22.0. The number of phenols is 2. The van der Waals surface area contributed by atoms with Crippen molar-refractivity contribution in [2.45, 2.75) is 39.5 Å². The van der Waals surface area contributed by atoms with Crippen LogP contribution in [0.1, 0.15) is 67.5 Å². The number of rotatable bonds is 10. The molecule has 0 amide bonds. The highest BCUT2D eigenvalue weighted by Gasteiger charge is 2.50. The molecule has 0 fully saturated rings. The molecule has 0 spiro atoms. The highest BCUT2D eigenvalue weighted by atomic mass is 28.4. The maximum absolute atomic E-state index is 12.2. The number of phenolic OH excluding ortho intramolecular Hbond substituents is 2. The fraction of sp³-hybridized carbons (Fsp3) is 0.0909. The second-order valence-electron chi connectivity index (χ2n) is 19.2. The summed E-state index contributed by atoms with van der Waals surface area (Å²) in [7, 11) is -4.14. The Balaban J connectivity index is 1.19. The first-order valence-corrected chi connectivity index (χ1v) is 26.2. The molecule has 0 radical (unpaired) electrons. The van der Waals surface area contributed by atoms with Gasteiger partial charge in [-0.15, -0.1) is 0 Å².